The lowest BCUT2D eigenvalue weighted by Crippen LogP contribution is -2.27. The van der Waals surface area contributed by atoms with Crippen LogP contribution in [0.1, 0.15) is 12.0 Å². The van der Waals surface area contributed by atoms with Gasteiger partial charge < -0.3 is 14.8 Å². The number of aryl methyl sites for hydroxylation is 1. The van der Waals surface area contributed by atoms with Crippen LogP contribution in [0.25, 0.3) is 10.9 Å². The molecule has 0 atom stereocenters. The molecule has 1 amide bonds. The molecule has 28 heavy (non-hydrogen) atoms. The van der Waals surface area contributed by atoms with E-state index in [-0.39, 0.29) is 17.8 Å². The molecule has 0 fully saturated rings. The molecule has 0 aliphatic carbocycles. The molecule has 0 saturated heterocycles. The number of rotatable bonds is 8. The van der Waals surface area contributed by atoms with E-state index >= 15 is 0 Å². The molecule has 1 heterocycles. The number of nitrogens with zero attached hydrogens (tertiary/aromatic N) is 2. The number of para-hydroxylation sites is 1. The van der Waals surface area contributed by atoms with Crippen molar-refractivity contribution < 1.29 is 14.3 Å². The monoisotopic (exact) mass is 381 g/mol. The smallest absolute Gasteiger partial charge is 0.221 e. The highest BCUT2D eigenvalue weighted by Gasteiger charge is 2.08. The summed E-state index contributed by atoms with van der Waals surface area (Å²) < 4.78 is 12.2. The van der Waals surface area contributed by atoms with Crippen molar-refractivity contribution in [3.8, 4) is 11.5 Å². The molecule has 0 saturated carbocycles. The van der Waals surface area contributed by atoms with Gasteiger partial charge in [-0.3, -0.25) is 14.3 Å². The Morgan fingerprint density at radius 2 is 1.89 bits per heavy atom. The predicted molar refractivity (Wildman–Crippen MR) is 107 cm³/mol. The first-order chi connectivity index (χ1) is 13.6. The van der Waals surface area contributed by atoms with E-state index in [2.05, 4.69) is 10.4 Å². The van der Waals surface area contributed by atoms with Crippen molar-refractivity contribution in [1.29, 1.82) is 0 Å². The zero-order valence-corrected chi connectivity index (χ0v) is 16.0. The molecule has 0 unspecified atom stereocenters. The minimum Gasteiger partial charge on any atom is -0.493 e. The molecule has 0 spiro atoms. The standard InChI is InChI=1S/C21H23N3O4/c1-27-19-8-7-15(13-20(19)28-2)9-11-22-21(26)10-12-24-17-6-4-3-5-16(17)18(25)14-23-24/h3-8,13-14H,9-12H2,1-2H3,(H,22,26). The van der Waals surface area contributed by atoms with Gasteiger partial charge in [-0.25, -0.2) is 0 Å². The number of nitrogens with one attached hydrogen (secondary N) is 1. The highest BCUT2D eigenvalue weighted by Crippen LogP contribution is 2.27. The molecular formula is C21H23N3O4. The molecule has 1 aromatic heterocycles. The van der Waals surface area contributed by atoms with Crippen LogP contribution in [0.15, 0.2) is 53.5 Å². The third kappa shape index (κ3) is 4.49. The summed E-state index contributed by atoms with van der Waals surface area (Å²) in [5.74, 6) is 1.28. The van der Waals surface area contributed by atoms with Crippen molar-refractivity contribution in [3.63, 3.8) is 0 Å². The van der Waals surface area contributed by atoms with Crippen LogP contribution in [0.4, 0.5) is 0 Å². The highest BCUT2D eigenvalue weighted by molar-refractivity contribution is 5.79. The van der Waals surface area contributed by atoms with Crippen LogP contribution in [0.2, 0.25) is 0 Å². The second kappa shape index (κ2) is 9.03. The van der Waals surface area contributed by atoms with Crippen molar-refractivity contribution in [2.24, 2.45) is 0 Å². The Labute approximate surface area is 162 Å². The van der Waals surface area contributed by atoms with E-state index in [9.17, 15) is 9.59 Å². The molecule has 3 rings (SSSR count). The summed E-state index contributed by atoms with van der Waals surface area (Å²) in [6.45, 7) is 0.926. The Morgan fingerprint density at radius 3 is 2.68 bits per heavy atom. The van der Waals surface area contributed by atoms with Crippen molar-refractivity contribution >= 4 is 16.8 Å². The maximum Gasteiger partial charge on any atom is 0.221 e. The zero-order chi connectivity index (χ0) is 19.9. The first-order valence-corrected chi connectivity index (χ1v) is 9.05. The fraction of sp³-hybridized carbons (Fsp3) is 0.286. The number of carbonyl (C=O) groups excluding carboxylic acids is 1. The number of carbonyl (C=O) groups is 1. The van der Waals surface area contributed by atoms with Gasteiger partial charge in [0.05, 0.1) is 32.5 Å². The Hall–Kier alpha value is -3.35. The summed E-state index contributed by atoms with van der Waals surface area (Å²) in [5.41, 5.74) is 1.66. The highest BCUT2D eigenvalue weighted by atomic mass is 16.5. The number of methoxy groups -OCH3 is 2. The van der Waals surface area contributed by atoms with Crippen molar-refractivity contribution in [1.82, 2.24) is 15.1 Å². The number of hydrogen-bond donors (Lipinski definition) is 1. The maximum atomic E-state index is 12.2. The Morgan fingerprint density at radius 1 is 1.11 bits per heavy atom. The first-order valence-electron chi connectivity index (χ1n) is 9.05. The molecule has 1 N–H and O–H groups in total. The van der Waals surface area contributed by atoms with Crippen molar-refractivity contribution in [3.05, 3.63) is 64.4 Å². The van der Waals surface area contributed by atoms with E-state index < -0.39 is 0 Å². The number of benzene rings is 2. The SMILES string of the molecule is COc1ccc(CCNC(=O)CCn2ncc(=O)c3ccccc32)cc1OC. The van der Waals surface area contributed by atoms with Crippen LogP contribution in [-0.2, 0) is 17.8 Å². The van der Waals surface area contributed by atoms with Gasteiger partial charge in [0.25, 0.3) is 0 Å². The third-order valence-corrected chi connectivity index (χ3v) is 4.50. The van der Waals surface area contributed by atoms with Gasteiger partial charge in [0.15, 0.2) is 11.5 Å². The fourth-order valence-electron chi connectivity index (χ4n) is 3.02. The minimum atomic E-state index is -0.119. The van der Waals surface area contributed by atoms with Crippen LogP contribution in [0, 0.1) is 0 Å². The normalized spacial score (nSPS) is 10.6. The van der Waals surface area contributed by atoms with E-state index in [1.165, 1.54) is 6.20 Å². The first kappa shape index (κ1) is 19.4. The molecule has 3 aromatic rings. The van der Waals surface area contributed by atoms with E-state index in [1.54, 1.807) is 25.0 Å². The van der Waals surface area contributed by atoms with Crippen LogP contribution < -0.4 is 20.2 Å². The van der Waals surface area contributed by atoms with E-state index in [0.29, 0.717) is 36.4 Å². The molecule has 146 valence electrons. The van der Waals surface area contributed by atoms with Gasteiger partial charge in [0, 0.05) is 18.4 Å². The van der Waals surface area contributed by atoms with Crippen LogP contribution in [-0.4, -0.2) is 36.5 Å². The van der Waals surface area contributed by atoms with Gasteiger partial charge in [-0.15, -0.1) is 0 Å². The average molecular weight is 381 g/mol. The summed E-state index contributed by atoms with van der Waals surface area (Å²) in [4.78, 5) is 24.0. The molecule has 2 aromatic carbocycles. The van der Waals surface area contributed by atoms with Gasteiger partial charge in [-0.05, 0) is 36.2 Å². The number of fused-ring (bicyclic) bond motifs is 1. The zero-order valence-electron chi connectivity index (χ0n) is 16.0. The summed E-state index contributed by atoms with van der Waals surface area (Å²) >= 11 is 0. The number of aromatic nitrogens is 2. The van der Waals surface area contributed by atoms with E-state index in [1.807, 2.05) is 36.4 Å². The summed E-state index contributed by atoms with van der Waals surface area (Å²) in [5, 5.41) is 7.66. The van der Waals surface area contributed by atoms with Crippen LogP contribution in [0.5, 0.6) is 11.5 Å². The number of ether oxygens (including phenoxy) is 2. The van der Waals surface area contributed by atoms with Crippen molar-refractivity contribution in [2.45, 2.75) is 19.4 Å². The fourth-order valence-corrected chi connectivity index (χ4v) is 3.02. The van der Waals surface area contributed by atoms with Gasteiger partial charge in [-0.2, -0.15) is 5.10 Å². The number of hydrogen-bond acceptors (Lipinski definition) is 5. The van der Waals surface area contributed by atoms with Crippen molar-refractivity contribution in [2.75, 3.05) is 20.8 Å². The van der Waals surface area contributed by atoms with E-state index in [4.69, 9.17) is 9.47 Å². The molecule has 0 aliphatic heterocycles. The predicted octanol–water partition coefficient (Wildman–Crippen LogP) is 2.16. The Kier molecular flexibility index (Phi) is 6.26. The van der Waals surface area contributed by atoms with Crippen LogP contribution >= 0.6 is 0 Å². The lowest BCUT2D eigenvalue weighted by Gasteiger charge is -2.11. The number of amides is 1. The molecular weight excluding hydrogens is 358 g/mol. The Bertz CT molecular complexity index is 1030. The lowest BCUT2D eigenvalue weighted by atomic mass is 10.1. The molecule has 0 aliphatic rings. The molecule has 0 bridgehead atoms. The lowest BCUT2D eigenvalue weighted by molar-refractivity contribution is -0.121. The second-order valence-corrected chi connectivity index (χ2v) is 6.29. The van der Waals surface area contributed by atoms with Gasteiger partial charge in [-0.1, -0.05) is 18.2 Å². The maximum absolute atomic E-state index is 12.2. The van der Waals surface area contributed by atoms with E-state index in [0.717, 1.165) is 11.1 Å². The van der Waals surface area contributed by atoms with Crippen LogP contribution in [0.3, 0.4) is 0 Å². The average Bonchev–Trinajstić information content (AvgIpc) is 2.73. The summed E-state index contributed by atoms with van der Waals surface area (Å²) in [6, 6.07) is 13.0. The molecule has 7 heteroatoms. The quantitative estimate of drug-likeness (QED) is 0.647. The second-order valence-electron chi connectivity index (χ2n) is 6.29. The topological polar surface area (TPSA) is 82.5 Å². The summed E-state index contributed by atoms with van der Waals surface area (Å²) in [7, 11) is 3.19. The largest absolute Gasteiger partial charge is 0.493 e. The third-order valence-electron chi connectivity index (χ3n) is 4.50. The Balaban J connectivity index is 1.53. The summed E-state index contributed by atoms with van der Waals surface area (Å²) in [6.07, 6.45) is 2.26. The minimum absolute atomic E-state index is 0.0648. The van der Waals surface area contributed by atoms with Gasteiger partial charge in [0.1, 0.15) is 0 Å². The van der Waals surface area contributed by atoms with Gasteiger partial charge in [0.2, 0.25) is 11.3 Å². The molecule has 0 radical (unpaired) electrons. The molecule has 7 nitrogen and oxygen atoms in total. The van der Waals surface area contributed by atoms with Gasteiger partial charge >= 0.3 is 0 Å².